The highest BCUT2D eigenvalue weighted by Crippen LogP contribution is 2.40. The third kappa shape index (κ3) is 14.1. The van der Waals surface area contributed by atoms with Crippen molar-refractivity contribution in [3.63, 3.8) is 0 Å². The molecule has 0 bridgehead atoms. The molecule has 7 aromatic carbocycles. The van der Waals surface area contributed by atoms with E-state index >= 15 is 0 Å². The van der Waals surface area contributed by atoms with Crippen LogP contribution in [-0.2, 0) is 26.2 Å². The van der Waals surface area contributed by atoms with E-state index in [-0.39, 0.29) is 23.3 Å². The molecule has 340 valence electrons. The molecule has 0 saturated carbocycles. The highest BCUT2D eigenvalue weighted by molar-refractivity contribution is 5.70. The van der Waals surface area contributed by atoms with Crippen molar-refractivity contribution in [2.45, 2.75) is 53.4 Å². The molecule has 0 radical (unpaired) electrons. The minimum atomic E-state index is -0.345. The SMILES string of the molecule is COc1ccc(C(C)(c2ccccc2)c2ccc(OC(C)=O)cc2)cc1.COc1ccc(Cc2ccc(OC(C)=O)c(C)c2)cc1C.COc1ccc(Oc2ccc(OC(C)=O)cc2)cc1. The van der Waals surface area contributed by atoms with Crippen LogP contribution in [0.25, 0.3) is 0 Å². The Morgan fingerprint density at radius 1 is 0.409 bits per heavy atom. The third-order valence-corrected chi connectivity index (χ3v) is 10.5. The Hall–Kier alpha value is -7.85. The van der Waals surface area contributed by atoms with E-state index in [1.807, 2.05) is 111 Å². The van der Waals surface area contributed by atoms with Gasteiger partial charge in [0.15, 0.2) is 0 Å². The largest absolute Gasteiger partial charge is 0.497 e. The topological polar surface area (TPSA) is 116 Å². The summed E-state index contributed by atoms with van der Waals surface area (Å²) in [6.45, 7) is 10.4. The van der Waals surface area contributed by atoms with E-state index in [0.717, 1.165) is 45.9 Å². The molecule has 0 aromatic heterocycles. The highest BCUT2D eigenvalue weighted by Gasteiger charge is 2.31. The van der Waals surface area contributed by atoms with Crippen LogP contribution in [0.4, 0.5) is 0 Å². The summed E-state index contributed by atoms with van der Waals surface area (Å²) in [6.07, 6.45) is 0.839. The fourth-order valence-electron chi connectivity index (χ4n) is 7.12. The Labute approximate surface area is 387 Å². The van der Waals surface area contributed by atoms with E-state index in [1.165, 1.54) is 37.5 Å². The molecular weight excluding hydrogens is 833 g/mol. The van der Waals surface area contributed by atoms with Gasteiger partial charge in [0.05, 0.1) is 21.3 Å². The number of hydrogen-bond donors (Lipinski definition) is 0. The van der Waals surface area contributed by atoms with E-state index in [1.54, 1.807) is 45.6 Å². The second kappa shape index (κ2) is 23.7. The summed E-state index contributed by atoms with van der Waals surface area (Å²) in [5.41, 5.74) is 7.62. The molecule has 7 rings (SSSR count). The molecule has 1 atom stereocenters. The molecule has 0 fully saturated rings. The van der Waals surface area contributed by atoms with Gasteiger partial charge in [-0.2, -0.15) is 0 Å². The van der Waals surface area contributed by atoms with Gasteiger partial charge in [0.1, 0.15) is 46.0 Å². The zero-order valence-corrected chi connectivity index (χ0v) is 38.9. The normalized spacial score (nSPS) is 11.2. The zero-order chi connectivity index (χ0) is 47.6. The average molecular weight is 889 g/mol. The summed E-state index contributed by atoms with van der Waals surface area (Å²) in [4.78, 5) is 33.0. The number of benzene rings is 7. The predicted molar refractivity (Wildman–Crippen MR) is 257 cm³/mol. The second-order valence-electron chi connectivity index (χ2n) is 15.4. The quantitative estimate of drug-likeness (QED) is 0.0629. The van der Waals surface area contributed by atoms with Gasteiger partial charge in [0.2, 0.25) is 0 Å². The van der Waals surface area contributed by atoms with Crippen molar-refractivity contribution >= 4 is 17.9 Å². The van der Waals surface area contributed by atoms with Crippen LogP contribution in [0.5, 0.6) is 46.0 Å². The summed E-state index contributed by atoms with van der Waals surface area (Å²) in [5, 5.41) is 0. The van der Waals surface area contributed by atoms with E-state index in [2.05, 4.69) is 49.4 Å². The van der Waals surface area contributed by atoms with Crippen molar-refractivity contribution in [1.29, 1.82) is 0 Å². The lowest BCUT2D eigenvalue weighted by Crippen LogP contribution is -2.25. The molecule has 10 heteroatoms. The lowest BCUT2D eigenvalue weighted by atomic mass is 9.71. The Bertz CT molecular complexity index is 2660. The molecule has 0 heterocycles. The predicted octanol–water partition coefficient (Wildman–Crippen LogP) is 12.2. The van der Waals surface area contributed by atoms with Crippen LogP contribution < -0.4 is 33.2 Å². The summed E-state index contributed by atoms with van der Waals surface area (Å²) in [5.74, 6) is 4.59. The first-order chi connectivity index (χ1) is 31.7. The second-order valence-corrected chi connectivity index (χ2v) is 15.4. The Kier molecular flexibility index (Phi) is 17.7. The maximum absolute atomic E-state index is 11.2. The molecule has 0 saturated heterocycles. The molecule has 0 amide bonds. The van der Waals surface area contributed by atoms with E-state index < -0.39 is 0 Å². The van der Waals surface area contributed by atoms with Crippen molar-refractivity contribution in [3.8, 4) is 46.0 Å². The monoisotopic (exact) mass is 888 g/mol. The summed E-state index contributed by atoms with van der Waals surface area (Å²) < 4.78 is 36.5. The van der Waals surface area contributed by atoms with Gasteiger partial charge in [-0.3, -0.25) is 14.4 Å². The van der Waals surface area contributed by atoms with Gasteiger partial charge in [-0.15, -0.1) is 0 Å². The Morgan fingerprint density at radius 3 is 1.17 bits per heavy atom. The third-order valence-electron chi connectivity index (χ3n) is 10.5. The number of aryl methyl sites for hydroxylation is 2. The number of methoxy groups -OCH3 is 3. The fourth-order valence-corrected chi connectivity index (χ4v) is 7.12. The maximum Gasteiger partial charge on any atom is 0.308 e. The number of carbonyl (C=O) groups is 3. The van der Waals surface area contributed by atoms with Crippen LogP contribution >= 0.6 is 0 Å². The van der Waals surface area contributed by atoms with Crippen LogP contribution in [0.3, 0.4) is 0 Å². The molecular formula is C56H56O10. The molecule has 1 unspecified atom stereocenters. The number of hydrogen-bond acceptors (Lipinski definition) is 10. The van der Waals surface area contributed by atoms with Crippen molar-refractivity contribution < 1.29 is 47.5 Å². The zero-order valence-electron chi connectivity index (χ0n) is 38.9. The molecule has 7 aromatic rings. The average Bonchev–Trinajstić information content (AvgIpc) is 3.31. The number of esters is 3. The van der Waals surface area contributed by atoms with Crippen LogP contribution in [0.15, 0.2) is 164 Å². The Morgan fingerprint density at radius 2 is 0.773 bits per heavy atom. The van der Waals surface area contributed by atoms with E-state index in [9.17, 15) is 14.4 Å². The minimum absolute atomic E-state index is 0.295. The molecule has 0 aliphatic carbocycles. The number of ether oxygens (including phenoxy) is 7. The number of carbonyl (C=O) groups excluding carboxylic acids is 3. The van der Waals surface area contributed by atoms with Gasteiger partial charge < -0.3 is 33.2 Å². The molecule has 0 aliphatic rings. The lowest BCUT2D eigenvalue weighted by Gasteiger charge is -2.32. The van der Waals surface area contributed by atoms with Gasteiger partial charge in [-0.25, -0.2) is 0 Å². The molecule has 0 aliphatic heterocycles. The van der Waals surface area contributed by atoms with Crippen molar-refractivity contribution in [1.82, 2.24) is 0 Å². The Balaban J connectivity index is 0.000000188. The van der Waals surface area contributed by atoms with Crippen molar-refractivity contribution in [2.24, 2.45) is 0 Å². The summed E-state index contributed by atoms with van der Waals surface area (Å²) in [7, 11) is 4.96. The smallest absolute Gasteiger partial charge is 0.308 e. The first-order valence-corrected chi connectivity index (χ1v) is 21.2. The maximum atomic E-state index is 11.2. The van der Waals surface area contributed by atoms with Crippen molar-refractivity contribution in [2.75, 3.05) is 21.3 Å². The fraction of sp³-hybridized carbons (Fsp3) is 0.196. The van der Waals surface area contributed by atoms with E-state index in [4.69, 9.17) is 33.2 Å². The van der Waals surface area contributed by atoms with Crippen molar-refractivity contribution in [3.05, 3.63) is 203 Å². The molecule has 0 spiro atoms. The first-order valence-electron chi connectivity index (χ1n) is 21.2. The summed E-state index contributed by atoms with van der Waals surface area (Å²) in [6, 6.07) is 52.4. The van der Waals surface area contributed by atoms with Gasteiger partial charge in [-0.1, -0.05) is 78.9 Å². The first kappa shape index (κ1) is 49.2. The molecule has 0 N–H and O–H groups in total. The minimum Gasteiger partial charge on any atom is -0.497 e. The van der Waals surface area contributed by atoms with Gasteiger partial charge >= 0.3 is 17.9 Å². The van der Waals surface area contributed by atoms with Crippen LogP contribution in [0.1, 0.15) is 66.6 Å². The standard InChI is InChI=1S/C23H22O3.C18H20O3.C15H14O4/c1-17(24)26-22-15-11-20(12-16-22)23(2,18-7-5-4-6-8-18)19-9-13-21(25-3)14-10-19;1-12-9-15(5-7-17(12)20-4)11-16-6-8-18(13(2)10-16)21-14(3)19;1-11(16)18-13-7-9-15(10-8-13)19-14-5-3-12(17-2)4-6-14/h4-16H,1-3H3;5-10H,11H2,1-4H3;3-10H,1-2H3. The van der Waals surface area contributed by atoms with E-state index in [0.29, 0.717) is 28.7 Å². The van der Waals surface area contributed by atoms with Crippen LogP contribution in [0, 0.1) is 13.8 Å². The molecule has 10 nitrogen and oxygen atoms in total. The molecule has 66 heavy (non-hydrogen) atoms. The lowest BCUT2D eigenvalue weighted by molar-refractivity contribution is -0.132. The van der Waals surface area contributed by atoms with Gasteiger partial charge in [-0.05, 0) is 151 Å². The summed E-state index contributed by atoms with van der Waals surface area (Å²) >= 11 is 0. The van der Waals surface area contributed by atoms with Gasteiger partial charge in [0, 0.05) is 26.2 Å². The van der Waals surface area contributed by atoms with Crippen LogP contribution in [0.2, 0.25) is 0 Å². The highest BCUT2D eigenvalue weighted by atomic mass is 16.5. The number of rotatable bonds is 13. The van der Waals surface area contributed by atoms with Crippen LogP contribution in [-0.4, -0.2) is 39.2 Å². The van der Waals surface area contributed by atoms with Gasteiger partial charge in [0.25, 0.3) is 0 Å².